The lowest BCUT2D eigenvalue weighted by molar-refractivity contribution is 0.557. The van der Waals surface area contributed by atoms with Crippen LogP contribution in [-0.2, 0) is 10.0 Å². The maximum absolute atomic E-state index is 13.6. The molecule has 1 aromatic heterocycles. The van der Waals surface area contributed by atoms with Gasteiger partial charge in [-0.15, -0.1) is 0 Å². The summed E-state index contributed by atoms with van der Waals surface area (Å²) in [6.07, 6.45) is 3.14. The van der Waals surface area contributed by atoms with Crippen LogP contribution in [0.4, 0.5) is 10.3 Å². The van der Waals surface area contributed by atoms with Crippen LogP contribution in [0.3, 0.4) is 0 Å². The lowest BCUT2D eigenvalue weighted by Gasteiger charge is -2.09. The lowest BCUT2D eigenvalue weighted by Crippen LogP contribution is -2.29. The minimum absolute atomic E-state index is 0.0912. The number of aromatic nitrogens is 2. The maximum Gasteiger partial charge on any atom is 0.243 e. The average Bonchev–Trinajstić information content (AvgIpc) is 2.47. The van der Waals surface area contributed by atoms with Gasteiger partial charge in [-0.25, -0.2) is 27.5 Å². The third-order valence-electron chi connectivity index (χ3n) is 2.64. The van der Waals surface area contributed by atoms with Gasteiger partial charge in [0.2, 0.25) is 16.0 Å². The van der Waals surface area contributed by atoms with Crippen LogP contribution < -0.4 is 10.0 Å². The second kappa shape index (κ2) is 6.59. The van der Waals surface area contributed by atoms with Gasteiger partial charge in [0, 0.05) is 25.5 Å². The van der Waals surface area contributed by atoms with Crippen molar-refractivity contribution in [1.29, 1.82) is 0 Å². The lowest BCUT2D eigenvalue weighted by atomic mass is 10.2. The van der Waals surface area contributed by atoms with E-state index in [1.54, 1.807) is 25.4 Å². The van der Waals surface area contributed by atoms with E-state index < -0.39 is 15.8 Å². The van der Waals surface area contributed by atoms with E-state index in [0.29, 0.717) is 11.5 Å². The Hall–Kier alpha value is -2.06. The molecule has 0 amide bonds. The number of aryl methyl sites for hydroxylation is 1. The summed E-state index contributed by atoms with van der Waals surface area (Å²) in [5.74, 6) is -0.370. The zero-order chi connectivity index (χ0) is 15.3. The highest BCUT2D eigenvalue weighted by molar-refractivity contribution is 7.89. The Morgan fingerprint density at radius 3 is 2.62 bits per heavy atom. The molecule has 0 unspecified atom stereocenters. The largest absolute Gasteiger partial charge is 0.353 e. The Morgan fingerprint density at radius 2 is 1.90 bits per heavy atom. The Morgan fingerprint density at radius 1 is 1.19 bits per heavy atom. The molecule has 0 saturated carbocycles. The van der Waals surface area contributed by atoms with Crippen molar-refractivity contribution in [2.45, 2.75) is 11.8 Å². The third kappa shape index (κ3) is 4.20. The quantitative estimate of drug-likeness (QED) is 0.786. The van der Waals surface area contributed by atoms with Gasteiger partial charge in [-0.3, -0.25) is 0 Å². The van der Waals surface area contributed by atoms with Crippen molar-refractivity contribution in [3.63, 3.8) is 0 Å². The average molecular weight is 310 g/mol. The standard InChI is InChI=1S/C13H15FN4O2S/c1-10-3-4-11(14)12(9-10)21(19,20)18-8-7-17-13-15-5-2-6-16-13/h2-6,9,18H,7-8H2,1H3,(H,15,16,17). The molecule has 6 nitrogen and oxygen atoms in total. The van der Waals surface area contributed by atoms with E-state index in [4.69, 9.17) is 0 Å². The van der Waals surface area contributed by atoms with Gasteiger partial charge in [0.15, 0.2) is 0 Å². The van der Waals surface area contributed by atoms with Crippen molar-refractivity contribution in [2.75, 3.05) is 18.4 Å². The molecule has 2 aromatic rings. The highest BCUT2D eigenvalue weighted by Gasteiger charge is 2.18. The highest BCUT2D eigenvalue weighted by atomic mass is 32.2. The number of nitrogens with one attached hydrogen (secondary N) is 2. The van der Waals surface area contributed by atoms with E-state index >= 15 is 0 Å². The van der Waals surface area contributed by atoms with Crippen molar-refractivity contribution in [3.8, 4) is 0 Å². The summed E-state index contributed by atoms with van der Waals surface area (Å²) in [5, 5.41) is 2.85. The van der Waals surface area contributed by atoms with Gasteiger partial charge in [-0.2, -0.15) is 0 Å². The van der Waals surface area contributed by atoms with Crippen molar-refractivity contribution < 1.29 is 12.8 Å². The molecule has 0 radical (unpaired) electrons. The smallest absolute Gasteiger partial charge is 0.243 e. The number of benzene rings is 1. The Balaban J connectivity index is 1.94. The molecule has 112 valence electrons. The molecule has 0 fully saturated rings. The molecule has 0 bridgehead atoms. The summed E-state index contributed by atoms with van der Waals surface area (Å²) < 4.78 is 39.9. The highest BCUT2D eigenvalue weighted by Crippen LogP contribution is 2.15. The van der Waals surface area contributed by atoms with Crippen LogP contribution in [0.25, 0.3) is 0 Å². The first-order chi connectivity index (χ1) is 9.99. The van der Waals surface area contributed by atoms with Crippen LogP contribution in [0.2, 0.25) is 0 Å². The normalized spacial score (nSPS) is 11.3. The monoisotopic (exact) mass is 310 g/mol. The van der Waals surface area contributed by atoms with Crippen molar-refractivity contribution in [3.05, 3.63) is 48.0 Å². The van der Waals surface area contributed by atoms with Crippen molar-refractivity contribution in [1.82, 2.24) is 14.7 Å². The molecule has 0 aliphatic carbocycles. The van der Waals surface area contributed by atoms with E-state index in [9.17, 15) is 12.8 Å². The molecular formula is C13H15FN4O2S. The number of halogens is 1. The molecule has 0 aliphatic heterocycles. The number of anilines is 1. The topological polar surface area (TPSA) is 84.0 Å². The first kappa shape index (κ1) is 15.3. The van der Waals surface area contributed by atoms with Crippen LogP contribution in [0.5, 0.6) is 0 Å². The molecule has 0 saturated heterocycles. The number of nitrogens with zero attached hydrogens (tertiary/aromatic N) is 2. The number of hydrogen-bond acceptors (Lipinski definition) is 5. The fourth-order valence-electron chi connectivity index (χ4n) is 1.64. The van der Waals surface area contributed by atoms with Crippen LogP contribution >= 0.6 is 0 Å². The minimum atomic E-state index is -3.87. The second-order valence-electron chi connectivity index (χ2n) is 4.33. The van der Waals surface area contributed by atoms with E-state index in [1.807, 2.05) is 0 Å². The zero-order valence-corrected chi connectivity index (χ0v) is 12.2. The van der Waals surface area contributed by atoms with E-state index in [1.165, 1.54) is 12.1 Å². The molecule has 1 heterocycles. The van der Waals surface area contributed by atoms with E-state index in [-0.39, 0.29) is 18.0 Å². The van der Waals surface area contributed by atoms with Crippen LogP contribution in [0, 0.1) is 12.7 Å². The van der Waals surface area contributed by atoms with Gasteiger partial charge in [-0.05, 0) is 30.7 Å². The Kier molecular flexibility index (Phi) is 4.81. The van der Waals surface area contributed by atoms with Crippen molar-refractivity contribution >= 4 is 16.0 Å². The molecule has 2 rings (SSSR count). The van der Waals surface area contributed by atoms with Crippen LogP contribution in [-0.4, -0.2) is 31.5 Å². The molecule has 2 N–H and O–H groups in total. The molecule has 0 atom stereocenters. The predicted molar refractivity (Wildman–Crippen MR) is 76.8 cm³/mol. The van der Waals surface area contributed by atoms with Gasteiger partial charge in [0.1, 0.15) is 10.7 Å². The summed E-state index contributed by atoms with van der Waals surface area (Å²) in [6.45, 7) is 2.08. The van der Waals surface area contributed by atoms with Gasteiger partial charge < -0.3 is 5.32 Å². The van der Waals surface area contributed by atoms with Crippen molar-refractivity contribution in [2.24, 2.45) is 0 Å². The zero-order valence-electron chi connectivity index (χ0n) is 11.4. The van der Waals surface area contributed by atoms with Crippen LogP contribution in [0.1, 0.15) is 5.56 Å². The summed E-state index contributed by atoms with van der Waals surface area (Å²) in [4.78, 5) is 7.53. The van der Waals surface area contributed by atoms with Gasteiger partial charge in [-0.1, -0.05) is 6.07 Å². The van der Waals surface area contributed by atoms with Gasteiger partial charge >= 0.3 is 0 Å². The Bertz CT molecular complexity index is 707. The summed E-state index contributed by atoms with van der Waals surface area (Å²) in [5.41, 5.74) is 0.674. The summed E-state index contributed by atoms with van der Waals surface area (Å²) in [6, 6.07) is 5.63. The SMILES string of the molecule is Cc1ccc(F)c(S(=O)(=O)NCCNc2ncccn2)c1. The second-order valence-corrected chi connectivity index (χ2v) is 6.07. The fourth-order valence-corrected chi connectivity index (χ4v) is 2.84. The third-order valence-corrected chi connectivity index (χ3v) is 4.12. The van der Waals surface area contributed by atoms with Crippen LogP contribution in [0.15, 0.2) is 41.6 Å². The molecule has 21 heavy (non-hydrogen) atoms. The molecule has 0 spiro atoms. The molecule has 0 aliphatic rings. The maximum atomic E-state index is 13.6. The number of sulfonamides is 1. The van der Waals surface area contributed by atoms with Gasteiger partial charge in [0.25, 0.3) is 0 Å². The fraction of sp³-hybridized carbons (Fsp3) is 0.231. The van der Waals surface area contributed by atoms with E-state index in [2.05, 4.69) is 20.0 Å². The summed E-state index contributed by atoms with van der Waals surface area (Å²) >= 11 is 0. The van der Waals surface area contributed by atoms with E-state index in [0.717, 1.165) is 6.07 Å². The summed E-state index contributed by atoms with van der Waals surface area (Å²) in [7, 11) is -3.87. The molecular weight excluding hydrogens is 295 g/mol. The van der Waals surface area contributed by atoms with Gasteiger partial charge in [0.05, 0.1) is 0 Å². The number of hydrogen-bond donors (Lipinski definition) is 2. The minimum Gasteiger partial charge on any atom is -0.353 e. The molecule has 8 heteroatoms. The molecule has 1 aromatic carbocycles. The Labute approximate surface area is 122 Å². The predicted octanol–water partition coefficient (Wildman–Crippen LogP) is 1.31. The first-order valence-electron chi connectivity index (χ1n) is 6.26. The first-order valence-corrected chi connectivity index (χ1v) is 7.74. The number of rotatable bonds is 6.